The molecule has 1 atom stereocenters. The standard InChI is InChI=1S/C18H25NO6/c1-17(2,3)25-16(24)19-18(9-20,10-21)14-7-4-11-8-12(22)5-6-13(11)15(14)23/h5-6,8,14,20-22H,4,7,9-10H2,1-3H3,(H,19,24). The van der Waals surface area contributed by atoms with Gasteiger partial charge in [0.05, 0.1) is 24.7 Å². The lowest BCUT2D eigenvalue weighted by atomic mass is 9.72. The molecule has 1 unspecified atom stereocenters. The zero-order valence-electron chi connectivity index (χ0n) is 14.7. The summed E-state index contributed by atoms with van der Waals surface area (Å²) in [5.74, 6) is -1.01. The summed E-state index contributed by atoms with van der Waals surface area (Å²) in [6, 6.07) is 4.47. The van der Waals surface area contributed by atoms with Crippen molar-refractivity contribution >= 4 is 11.9 Å². The molecule has 1 aromatic carbocycles. The first-order chi connectivity index (χ1) is 11.6. The largest absolute Gasteiger partial charge is 0.508 e. The molecule has 0 heterocycles. The average molecular weight is 351 g/mol. The van der Waals surface area contributed by atoms with Crippen molar-refractivity contribution in [3.8, 4) is 5.75 Å². The molecule has 0 radical (unpaired) electrons. The summed E-state index contributed by atoms with van der Waals surface area (Å²) < 4.78 is 5.19. The number of alkyl carbamates (subject to hydrolysis) is 1. The fourth-order valence-electron chi connectivity index (χ4n) is 3.12. The number of fused-ring (bicyclic) bond motifs is 1. The van der Waals surface area contributed by atoms with Crippen LogP contribution in [0.4, 0.5) is 4.79 Å². The first-order valence-electron chi connectivity index (χ1n) is 8.21. The predicted molar refractivity (Wildman–Crippen MR) is 90.5 cm³/mol. The van der Waals surface area contributed by atoms with Crippen LogP contribution in [-0.4, -0.2) is 51.5 Å². The second kappa shape index (κ2) is 7.01. The second-order valence-electron chi connectivity index (χ2n) is 7.40. The van der Waals surface area contributed by atoms with Crippen molar-refractivity contribution in [2.24, 2.45) is 5.92 Å². The number of aliphatic hydroxyl groups excluding tert-OH is 2. The molecule has 0 fully saturated rings. The van der Waals surface area contributed by atoms with E-state index >= 15 is 0 Å². The Bertz CT molecular complexity index is 660. The molecule has 1 amide bonds. The number of aryl methyl sites for hydroxylation is 1. The van der Waals surface area contributed by atoms with E-state index in [4.69, 9.17) is 4.74 Å². The van der Waals surface area contributed by atoms with Crippen LogP contribution in [0.25, 0.3) is 0 Å². The Hall–Kier alpha value is -2.12. The summed E-state index contributed by atoms with van der Waals surface area (Å²) in [5.41, 5.74) is -1.13. The van der Waals surface area contributed by atoms with Crippen molar-refractivity contribution in [2.45, 2.75) is 44.8 Å². The smallest absolute Gasteiger partial charge is 0.408 e. The van der Waals surface area contributed by atoms with E-state index < -0.39 is 36.4 Å². The van der Waals surface area contributed by atoms with E-state index in [1.165, 1.54) is 18.2 Å². The van der Waals surface area contributed by atoms with Crippen molar-refractivity contribution in [3.63, 3.8) is 0 Å². The van der Waals surface area contributed by atoms with E-state index in [0.717, 1.165) is 0 Å². The number of amides is 1. The van der Waals surface area contributed by atoms with Crippen LogP contribution in [0.1, 0.15) is 43.1 Å². The molecule has 25 heavy (non-hydrogen) atoms. The second-order valence-corrected chi connectivity index (χ2v) is 7.40. The maximum Gasteiger partial charge on any atom is 0.408 e. The molecule has 4 N–H and O–H groups in total. The van der Waals surface area contributed by atoms with Crippen LogP contribution < -0.4 is 5.32 Å². The van der Waals surface area contributed by atoms with Gasteiger partial charge < -0.3 is 25.4 Å². The number of aliphatic hydroxyl groups is 2. The number of phenolic OH excluding ortho intramolecular Hbond substituents is 1. The third-order valence-corrected chi connectivity index (χ3v) is 4.35. The lowest BCUT2D eigenvalue weighted by Gasteiger charge is -2.40. The van der Waals surface area contributed by atoms with Crippen molar-refractivity contribution in [3.05, 3.63) is 29.3 Å². The van der Waals surface area contributed by atoms with Gasteiger partial charge in [0, 0.05) is 5.56 Å². The molecule has 0 spiro atoms. The first-order valence-corrected chi connectivity index (χ1v) is 8.21. The molecule has 1 aromatic rings. The molecule has 0 aromatic heterocycles. The zero-order valence-corrected chi connectivity index (χ0v) is 14.7. The van der Waals surface area contributed by atoms with Gasteiger partial charge in [0.1, 0.15) is 11.4 Å². The maximum absolute atomic E-state index is 12.9. The Morgan fingerprint density at radius 1 is 1.28 bits per heavy atom. The number of ketones is 1. The molecular formula is C18H25NO6. The average Bonchev–Trinajstić information content (AvgIpc) is 2.51. The van der Waals surface area contributed by atoms with Gasteiger partial charge in [0.15, 0.2) is 5.78 Å². The van der Waals surface area contributed by atoms with Crippen LogP contribution in [0.3, 0.4) is 0 Å². The Balaban J connectivity index is 2.29. The molecule has 7 nitrogen and oxygen atoms in total. The van der Waals surface area contributed by atoms with Gasteiger partial charge in [-0.3, -0.25) is 4.79 Å². The molecule has 2 rings (SSSR count). The van der Waals surface area contributed by atoms with Crippen LogP contribution >= 0.6 is 0 Å². The number of phenols is 1. The highest BCUT2D eigenvalue weighted by molar-refractivity contribution is 6.01. The minimum Gasteiger partial charge on any atom is -0.508 e. The Morgan fingerprint density at radius 3 is 2.48 bits per heavy atom. The third kappa shape index (κ3) is 4.11. The van der Waals surface area contributed by atoms with Gasteiger partial charge in [-0.2, -0.15) is 0 Å². The van der Waals surface area contributed by atoms with Gasteiger partial charge in [-0.25, -0.2) is 4.79 Å². The van der Waals surface area contributed by atoms with Crippen molar-refractivity contribution in [2.75, 3.05) is 13.2 Å². The molecule has 0 bridgehead atoms. The fraction of sp³-hybridized carbons (Fsp3) is 0.556. The minimum absolute atomic E-state index is 0.0764. The fourth-order valence-corrected chi connectivity index (χ4v) is 3.12. The monoisotopic (exact) mass is 351 g/mol. The zero-order chi connectivity index (χ0) is 18.8. The number of carbonyl (C=O) groups excluding carboxylic acids is 2. The summed E-state index contributed by atoms with van der Waals surface area (Å²) in [4.78, 5) is 25.0. The number of hydrogen-bond donors (Lipinski definition) is 4. The molecule has 1 aliphatic carbocycles. The summed E-state index contributed by atoms with van der Waals surface area (Å²) in [7, 11) is 0. The van der Waals surface area contributed by atoms with Gasteiger partial charge in [0.2, 0.25) is 0 Å². The number of ether oxygens (including phenoxy) is 1. The van der Waals surface area contributed by atoms with Crippen molar-refractivity contribution < 1.29 is 29.6 Å². The molecule has 138 valence electrons. The van der Waals surface area contributed by atoms with Crippen LogP contribution in [0, 0.1) is 5.92 Å². The van der Waals surface area contributed by atoms with Crippen molar-refractivity contribution in [1.29, 1.82) is 0 Å². The van der Waals surface area contributed by atoms with Crippen molar-refractivity contribution in [1.82, 2.24) is 5.32 Å². The van der Waals surface area contributed by atoms with Crippen LogP contribution in [0.2, 0.25) is 0 Å². The number of nitrogens with one attached hydrogen (secondary N) is 1. The predicted octanol–water partition coefficient (Wildman–Crippen LogP) is 1.39. The number of aromatic hydroxyl groups is 1. The number of hydrogen-bond acceptors (Lipinski definition) is 6. The Labute approximate surface area is 146 Å². The molecule has 0 saturated carbocycles. The SMILES string of the molecule is CC(C)(C)OC(=O)NC(CO)(CO)C1CCc2cc(O)ccc2C1=O. The normalized spacial score (nSPS) is 17.8. The summed E-state index contributed by atoms with van der Waals surface area (Å²) in [5, 5.41) is 31.8. The van der Waals surface area contributed by atoms with E-state index in [-0.39, 0.29) is 11.5 Å². The van der Waals surface area contributed by atoms with Gasteiger partial charge >= 0.3 is 6.09 Å². The molecular weight excluding hydrogens is 326 g/mol. The number of rotatable bonds is 4. The van der Waals surface area contributed by atoms with E-state index in [1.54, 1.807) is 20.8 Å². The van der Waals surface area contributed by atoms with Crippen LogP contribution in [-0.2, 0) is 11.2 Å². The number of carbonyl (C=O) groups is 2. The summed E-state index contributed by atoms with van der Waals surface area (Å²) >= 11 is 0. The molecule has 1 aliphatic rings. The number of benzene rings is 1. The highest BCUT2D eigenvalue weighted by Crippen LogP contribution is 2.34. The van der Waals surface area contributed by atoms with Gasteiger partial charge in [0.25, 0.3) is 0 Å². The van der Waals surface area contributed by atoms with Crippen LogP contribution in [0.5, 0.6) is 5.75 Å². The minimum atomic E-state index is -1.52. The maximum atomic E-state index is 12.9. The van der Waals surface area contributed by atoms with E-state index in [0.29, 0.717) is 24.0 Å². The van der Waals surface area contributed by atoms with Gasteiger partial charge in [-0.15, -0.1) is 0 Å². The first kappa shape index (κ1) is 19.2. The number of Topliss-reactive ketones (excluding diaryl/α,β-unsaturated/α-hetero) is 1. The van der Waals surface area contributed by atoms with Crippen LogP contribution in [0.15, 0.2) is 18.2 Å². The van der Waals surface area contributed by atoms with E-state index in [2.05, 4.69) is 5.32 Å². The molecule has 0 aliphatic heterocycles. The van der Waals surface area contributed by atoms with E-state index in [9.17, 15) is 24.9 Å². The Kier molecular flexibility index (Phi) is 5.39. The lowest BCUT2D eigenvalue weighted by molar-refractivity contribution is 0.0113. The molecule has 0 saturated heterocycles. The van der Waals surface area contributed by atoms with Gasteiger partial charge in [-0.1, -0.05) is 0 Å². The Morgan fingerprint density at radius 2 is 1.92 bits per heavy atom. The third-order valence-electron chi connectivity index (χ3n) is 4.35. The highest BCUT2D eigenvalue weighted by atomic mass is 16.6. The summed E-state index contributed by atoms with van der Waals surface area (Å²) in [6.07, 6.45) is 0.00397. The van der Waals surface area contributed by atoms with Gasteiger partial charge in [-0.05, 0) is 57.4 Å². The molecule has 7 heteroatoms. The lowest BCUT2D eigenvalue weighted by Crippen LogP contribution is -2.62. The van der Waals surface area contributed by atoms with E-state index in [1.807, 2.05) is 0 Å². The highest BCUT2D eigenvalue weighted by Gasteiger charge is 2.46. The summed E-state index contributed by atoms with van der Waals surface area (Å²) in [6.45, 7) is 3.88. The quantitative estimate of drug-likeness (QED) is 0.651. The topological polar surface area (TPSA) is 116 Å².